The molecular weight excluding hydrogens is 254 g/mol. The molecule has 0 saturated heterocycles. The van der Waals surface area contributed by atoms with Crippen LogP contribution in [0.25, 0.3) is 0 Å². The highest BCUT2D eigenvalue weighted by Crippen LogP contribution is 2.14. The lowest BCUT2D eigenvalue weighted by Crippen LogP contribution is -2.27. The van der Waals surface area contributed by atoms with Crippen LogP contribution in [0, 0.1) is 11.6 Å². The van der Waals surface area contributed by atoms with Crippen molar-refractivity contribution in [3.8, 4) is 0 Å². The molecule has 0 unspecified atom stereocenters. The normalized spacial score (nSPS) is 10.3. The summed E-state index contributed by atoms with van der Waals surface area (Å²) < 4.78 is 30.8. The average molecular weight is 272 g/mol. The molecule has 0 aliphatic carbocycles. The quantitative estimate of drug-likeness (QED) is 0.711. The Bertz CT molecular complexity index is 414. The summed E-state index contributed by atoms with van der Waals surface area (Å²) in [5.74, 6) is -1.41. The number of anilines is 1. The molecule has 1 amide bonds. The number of nitrogens with one attached hydrogen (secondary N) is 2. The summed E-state index contributed by atoms with van der Waals surface area (Å²) >= 11 is 0. The zero-order valence-corrected chi connectivity index (χ0v) is 10.8. The maximum atomic E-state index is 13.2. The van der Waals surface area contributed by atoms with Crippen molar-refractivity contribution in [2.45, 2.75) is 12.8 Å². The van der Waals surface area contributed by atoms with Crippen molar-refractivity contribution in [3.05, 3.63) is 29.8 Å². The largest absolute Gasteiger partial charge is 0.385 e. The second-order valence-electron chi connectivity index (χ2n) is 4.00. The van der Waals surface area contributed by atoms with Crippen LogP contribution in [0.4, 0.5) is 14.5 Å². The van der Waals surface area contributed by atoms with Gasteiger partial charge in [-0.3, -0.25) is 4.79 Å². The van der Waals surface area contributed by atoms with Crippen molar-refractivity contribution in [2.75, 3.05) is 32.1 Å². The number of hydrogen-bond donors (Lipinski definition) is 2. The summed E-state index contributed by atoms with van der Waals surface area (Å²) in [7, 11) is 1.60. The Hall–Kier alpha value is -1.69. The van der Waals surface area contributed by atoms with Gasteiger partial charge < -0.3 is 15.4 Å². The Morgan fingerprint density at radius 2 is 2.11 bits per heavy atom. The number of carbonyl (C=O) groups excluding carboxylic acids is 1. The van der Waals surface area contributed by atoms with E-state index in [9.17, 15) is 13.6 Å². The van der Waals surface area contributed by atoms with Gasteiger partial charge in [-0.05, 0) is 18.6 Å². The second kappa shape index (κ2) is 8.42. The minimum atomic E-state index is -0.666. The van der Waals surface area contributed by atoms with E-state index in [2.05, 4.69) is 10.6 Å². The maximum absolute atomic E-state index is 13.2. The van der Waals surface area contributed by atoms with Crippen LogP contribution in [0.3, 0.4) is 0 Å². The third kappa shape index (κ3) is 6.15. The van der Waals surface area contributed by atoms with Gasteiger partial charge in [0.15, 0.2) is 0 Å². The molecule has 0 aliphatic heterocycles. The second-order valence-corrected chi connectivity index (χ2v) is 4.00. The minimum absolute atomic E-state index is 0.119. The number of halogens is 2. The molecule has 1 rings (SSSR count). The highest BCUT2D eigenvalue weighted by Gasteiger charge is 2.04. The Morgan fingerprint density at radius 3 is 2.79 bits per heavy atom. The summed E-state index contributed by atoms with van der Waals surface area (Å²) in [5.41, 5.74) is 0.189. The first-order valence-electron chi connectivity index (χ1n) is 6.08. The summed E-state index contributed by atoms with van der Waals surface area (Å²) in [6, 6.07) is 3.27. The zero-order valence-electron chi connectivity index (χ0n) is 10.8. The van der Waals surface area contributed by atoms with Gasteiger partial charge in [0.25, 0.3) is 0 Å². The van der Waals surface area contributed by atoms with Crippen LogP contribution in [0.2, 0.25) is 0 Å². The van der Waals surface area contributed by atoms with Crippen LogP contribution in [0.15, 0.2) is 18.2 Å². The molecule has 106 valence electrons. The third-order valence-electron chi connectivity index (χ3n) is 2.45. The Labute approximate surface area is 111 Å². The van der Waals surface area contributed by atoms with E-state index in [0.717, 1.165) is 18.6 Å². The van der Waals surface area contributed by atoms with E-state index in [1.165, 1.54) is 6.07 Å². The summed E-state index contributed by atoms with van der Waals surface area (Å²) in [6.07, 6.45) is 0.978. The van der Waals surface area contributed by atoms with E-state index < -0.39 is 11.6 Å². The molecule has 6 heteroatoms. The fourth-order valence-corrected chi connectivity index (χ4v) is 1.48. The van der Waals surface area contributed by atoms with E-state index in [1.807, 2.05) is 0 Å². The van der Waals surface area contributed by atoms with Crippen molar-refractivity contribution in [3.63, 3.8) is 0 Å². The Kier molecular flexibility index (Phi) is 6.81. The van der Waals surface area contributed by atoms with Gasteiger partial charge in [0.2, 0.25) is 5.91 Å². The number of rotatable bonds is 8. The van der Waals surface area contributed by atoms with Gasteiger partial charge in [-0.2, -0.15) is 0 Å². The summed E-state index contributed by atoms with van der Waals surface area (Å²) in [4.78, 5) is 11.4. The first-order valence-corrected chi connectivity index (χ1v) is 6.08. The summed E-state index contributed by atoms with van der Waals surface area (Å²) in [5, 5.41) is 5.46. The summed E-state index contributed by atoms with van der Waals surface area (Å²) in [6.45, 7) is 1.44. The molecule has 0 radical (unpaired) electrons. The molecule has 1 aromatic carbocycles. The van der Waals surface area contributed by atoms with Crippen LogP contribution in [0.1, 0.15) is 12.8 Å². The lowest BCUT2D eigenvalue weighted by Gasteiger charge is -2.08. The molecule has 2 N–H and O–H groups in total. The Balaban J connectivity index is 2.20. The number of carbonyl (C=O) groups is 1. The molecule has 0 aliphatic rings. The zero-order chi connectivity index (χ0) is 14.1. The highest BCUT2D eigenvalue weighted by molar-refractivity contribution is 5.76. The molecule has 1 aromatic rings. The predicted molar refractivity (Wildman–Crippen MR) is 69.0 cm³/mol. The third-order valence-corrected chi connectivity index (χ3v) is 2.45. The van der Waals surface area contributed by atoms with Crippen LogP contribution < -0.4 is 10.6 Å². The van der Waals surface area contributed by atoms with Gasteiger partial charge in [0.1, 0.15) is 11.6 Å². The molecule has 0 saturated carbocycles. The molecule has 0 fully saturated rings. The number of amides is 1. The molecule has 4 nitrogen and oxygen atoms in total. The average Bonchev–Trinajstić information content (AvgIpc) is 2.37. The molecular formula is C13H18F2N2O2. The molecule has 0 atom stereocenters. The van der Waals surface area contributed by atoms with E-state index in [4.69, 9.17) is 4.74 Å². The van der Waals surface area contributed by atoms with E-state index in [1.54, 1.807) is 7.11 Å². The Morgan fingerprint density at radius 1 is 1.32 bits per heavy atom. The lowest BCUT2D eigenvalue weighted by atomic mass is 10.3. The number of methoxy groups -OCH3 is 1. The van der Waals surface area contributed by atoms with Crippen molar-refractivity contribution < 1.29 is 18.3 Å². The smallest absolute Gasteiger partial charge is 0.221 e. The van der Waals surface area contributed by atoms with Gasteiger partial charge in [0, 0.05) is 39.3 Å². The molecule has 0 aromatic heterocycles. The van der Waals surface area contributed by atoms with Crippen molar-refractivity contribution in [1.29, 1.82) is 0 Å². The van der Waals surface area contributed by atoms with E-state index in [0.29, 0.717) is 19.7 Å². The number of hydrogen-bond acceptors (Lipinski definition) is 3. The van der Waals surface area contributed by atoms with Gasteiger partial charge in [-0.25, -0.2) is 8.78 Å². The van der Waals surface area contributed by atoms with Crippen molar-refractivity contribution in [2.24, 2.45) is 0 Å². The molecule has 0 heterocycles. The lowest BCUT2D eigenvalue weighted by molar-refractivity contribution is -0.120. The maximum Gasteiger partial charge on any atom is 0.221 e. The molecule has 19 heavy (non-hydrogen) atoms. The van der Waals surface area contributed by atoms with E-state index in [-0.39, 0.29) is 18.0 Å². The topological polar surface area (TPSA) is 50.4 Å². The SMILES string of the molecule is COCCCNC(=O)CCNc1ccc(F)cc1F. The van der Waals surface area contributed by atoms with Crippen molar-refractivity contribution in [1.82, 2.24) is 5.32 Å². The first-order chi connectivity index (χ1) is 9.13. The van der Waals surface area contributed by atoms with Gasteiger partial charge in [-0.1, -0.05) is 0 Å². The standard InChI is InChI=1S/C13H18F2N2O2/c1-19-8-2-6-17-13(18)5-7-16-12-4-3-10(14)9-11(12)15/h3-4,9,16H,2,5-8H2,1H3,(H,17,18). The molecule has 0 spiro atoms. The van der Waals surface area contributed by atoms with Crippen LogP contribution in [-0.4, -0.2) is 32.7 Å². The van der Waals surface area contributed by atoms with Crippen molar-refractivity contribution >= 4 is 11.6 Å². The van der Waals surface area contributed by atoms with Crippen LogP contribution in [-0.2, 0) is 9.53 Å². The monoisotopic (exact) mass is 272 g/mol. The van der Waals surface area contributed by atoms with Crippen LogP contribution in [0.5, 0.6) is 0 Å². The number of ether oxygens (including phenoxy) is 1. The predicted octanol–water partition coefficient (Wildman–Crippen LogP) is 1.92. The minimum Gasteiger partial charge on any atom is -0.385 e. The van der Waals surface area contributed by atoms with E-state index >= 15 is 0 Å². The highest BCUT2D eigenvalue weighted by atomic mass is 19.1. The van der Waals surface area contributed by atoms with Gasteiger partial charge in [0.05, 0.1) is 5.69 Å². The number of benzene rings is 1. The fourth-order valence-electron chi connectivity index (χ4n) is 1.48. The first kappa shape index (κ1) is 15.4. The van der Waals surface area contributed by atoms with Crippen LogP contribution >= 0.6 is 0 Å². The molecule has 0 bridgehead atoms. The fraction of sp³-hybridized carbons (Fsp3) is 0.462. The van der Waals surface area contributed by atoms with Gasteiger partial charge in [-0.15, -0.1) is 0 Å². The van der Waals surface area contributed by atoms with Gasteiger partial charge >= 0.3 is 0 Å².